The summed E-state index contributed by atoms with van der Waals surface area (Å²) in [7, 11) is 0. The van der Waals surface area contributed by atoms with Crippen LogP contribution in [0.25, 0.3) is 0 Å². The first-order chi connectivity index (χ1) is 10.1. The number of aromatic nitrogens is 2. The maximum absolute atomic E-state index is 11.3. The number of rotatable bonds is 7. The number of imidazole rings is 1. The molecule has 0 radical (unpaired) electrons. The molecule has 0 aliphatic heterocycles. The lowest BCUT2D eigenvalue weighted by atomic mass is 10.2. The summed E-state index contributed by atoms with van der Waals surface area (Å²) in [4.78, 5) is 14.8. The van der Waals surface area contributed by atoms with E-state index in [1.165, 1.54) is 0 Å². The van der Waals surface area contributed by atoms with E-state index in [0.717, 1.165) is 0 Å². The van der Waals surface area contributed by atoms with Crippen LogP contribution < -0.4 is 10.1 Å². The second-order valence-corrected chi connectivity index (χ2v) is 4.80. The number of benzene rings is 1. The molecule has 1 aromatic carbocycles. The molecule has 0 bridgehead atoms. The number of ether oxygens (including phenoxy) is 1. The number of hydrogen-bond acceptors (Lipinski definition) is 5. The average molecular weight is 290 g/mol. The summed E-state index contributed by atoms with van der Waals surface area (Å²) >= 11 is 0. The van der Waals surface area contributed by atoms with Crippen molar-refractivity contribution in [1.29, 1.82) is 0 Å². The van der Waals surface area contributed by atoms with Crippen LogP contribution in [0.1, 0.15) is 13.8 Å². The Morgan fingerprint density at radius 3 is 2.90 bits per heavy atom. The Morgan fingerprint density at radius 2 is 2.29 bits per heavy atom. The van der Waals surface area contributed by atoms with E-state index in [4.69, 9.17) is 4.74 Å². The van der Waals surface area contributed by atoms with Crippen molar-refractivity contribution < 1.29 is 9.66 Å². The zero-order valence-electron chi connectivity index (χ0n) is 12.0. The smallest absolute Gasteiger partial charge is 0.333 e. The van der Waals surface area contributed by atoms with E-state index in [0.29, 0.717) is 18.8 Å². The highest BCUT2D eigenvalue weighted by Gasteiger charge is 2.21. The summed E-state index contributed by atoms with van der Waals surface area (Å²) < 4.78 is 7.40. The van der Waals surface area contributed by atoms with Crippen LogP contribution in [0.5, 0.6) is 5.75 Å². The van der Waals surface area contributed by atoms with Gasteiger partial charge in [-0.1, -0.05) is 6.07 Å². The van der Waals surface area contributed by atoms with Gasteiger partial charge < -0.3 is 14.6 Å². The normalized spacial score (nSPS) is 10.6. The van der Waals surface area contributed by atoms with Crippen molar-refractivity contribution in [3.8, 4) is 5.75 Å². The molecule has 0 unspecified atom stereocenters. The molecular weight excluding hydrogens is 272 g/mol. The number of nitrogens with zero attached hydrogens (tertiary/aromatic N) is 3. The van der Waals surface area contributed by atoms with Crippen molar-refractivity contribution in [3.63, 3.8) is 0 Å². The van der Waals surface area contributed by atoms with Gasteiger partial charge in [-0.3, -0.25) is 10.1 Å². The summed E-state index contributed by atoms with van der Waals surface area (Å²) in [6.07, 6.45) is 5.12. The Hall–Kier alpha value is -2.57. The van der Waals surface area contributed by atoms with Crippen molar-refractivity contribution in [2.45, 2.75) is 26.5 Å². The fourth-order valence-corrected chi connectivity index (χ4v) is 1.94. The Labute approximate surface area is 122 Å². The molecule has 0 fully saturated rings. The van der Waals surface area contributed by atoms with Gasteiger partial charge in [0, 0.05) is 25.5 Å². The molecule has 0 saturated carbocycles. The van der Waals surface area contributed by atoms with E-state index in [1.807, 2.05) is 24.6 Å². The zero-order chi connectivity index (χ0) is 15.2. The first-order valence-electron chi connectivity index (χ1n) is 6.71. The summed E-state index contributed by atoms with van der Waals surface area (Å²) in [5, 5.41) is 14.4. The van der Waals surface area contributed by atoms with Crippen LogP contribution in [0.4, 0.5) is 11.4 Å². The van der Waals surface area contributed by atoms with Gasteiger partial charge in [0.25, 0.3) is 0 Å². The van der Waals surface area contributed by atoms with Crippen molar-refractivity contribution in [1.82, 2.24) is 9.55 Å². The largest absolute Gasteiger partial charge is 0.484 e. The second-order valence-electron chi connectivity index (χ2n) is 4.80. The van der Waals surface area contributed by atoms with Crippen molar-refractivity contribution in [2.75, 3.05) is 11.9 Å². The minimum Gasteiger partial charge on any atom is -0.484 e. The van der Waals surface area contributed by atoms with Crippen LogP contribution in [0.3, 0.4) is 0 Å². The SMILES string of the molecule is CC(C)Oc1cccc(NCCn2ccnc2)c1[N+](=O)[O-]. The molecule has 7 nitrogen and oxygen atoms in total. The number of hydrogen-bond donors (Lipinski definition) is 1. The second kappa shape index (κ2) is 6.74. The fraction of sp³-hybridized carbons (Fsp3) is 0.357. The number of anilines is 1. The molecule has 0 aliphatic rings. The van der Waals surface area contributed by atoms with Crippen molar-refractivity contribution in [2.24, 2.45) is 0 Å². The highest BCUT2D eigenvalue weighted by Crippen LogP contribution is 2.35. The molecule has 0 saturated heterocycles. The van der Waals surface area contributed by atoms with Crippen LogP contribution in [-0.2, 0) is 6.54 Å². The average Bonchev–Trinajstić information content (AvgIpc) is 2.91. The maximum Gasteiger partial charge on any atom is 0.333 e. The third-order valence-electron chi connectivity index (χ3n) is 2.79. The number of nitro groups is 1. The van der Waals surface area contributed by atoms with Gasteiger partial charge in [-0.25, -0.2) is 4.98 Å². The Balaban J connectivity index is 2.12. The van der Waals surface area contributed by atoms with Crippen LogP contribution in [0.15, 0.2) is 36.9 Å². The quantitative estimate of drug-likeness (QED) is 0.626. The molecule has 21 heavy (non-hydrogen) atoms. The van der Waals surface area contributed by atoms with E-state index in [9.17, 15) is 10.1 Å². The molecule has 0 amide bonds. The lowest BCUT2D eigenvalue weighted by Gasteiger charge is -2.13. The molecule has 7 heteroatoms. The molecular formula is C14H18N4O3. The molecule has 0 atom stereocenters. The van der Waals surface area contributed by atoms with Gasteiger partial charge in [-0.05, 0) is 26.0 Å². The third kappa shape index (κ3) is 3.95. The topological polar surface area (TPSA) is 82.2 Å². The Morgan fingerprint density at radius 1 is 1.48 bits per heavy atom. The van der Waals surface area contributed by atoms with Gasteiger partial charge in [0.1, 0.15) is 5.69 Å². The van der Waals surface area contributed by atoms with E-state index in [2.05, 4.69) is 10.3 Å². The standard InChI is InChI=1S/C14H18N4O3/c1-11(2)21-13-5-3-4-12(14(13)18(19)20)16-7-9-17-8-6-15-10-17/h3-6,8,10-11,16H,7,9H2,1-2H3. The lowest BCUT2D eigenvalue weighted by Crippen LogP contribution is -2.12. The molecule has 1 N–H and O–H groups in total. The monoisotopic (exact) mass is 290 g/mol. The van der Waals surface area contributed by atoms with Crippen LogP contribution >= 0.6 is 0 Å². The third-order valence-corrected chi connectivity index (χ3v) is 2.79. The summed E-state index contributed by atoms with van der Waals surface area (Å²) in [5.74, 6) is 0.280. The fourth-order valence-electron chi connectivity index (χ4n) is 1.94. The van der Waals surface area contributed by atoms with Gasteiger partial charge in [0.15, 0.2) is 5.75 Å². The first-order valence-corrected chi connectivity index (χ1v) is 6.71. The van der Waals surface area contributed by atoms with Gasteiger partial charge in [0.2, 0.25) is 0 Å². The van der Waals surface area contributed by atoms with Crippen LogP contribution in [0.2, 0.25) is 0 Å². The molecule has 1 heterocycles. The molecule has 2 rings (SSSR count). The highest BCUT2D eigenvalue weighted by molar-refractivity contribution is 5.68. The van der Waals surface area contributed by atoms with Crippen molar-refractivity contribution >= 4 is 11.4 Å². The maximum atomic E-state index is 11.3. The van der Waals surface area contributed by atoms with Gasteiger partial charge in [0.05, 0.1) is 17.4 Å². The van der Waals surface area contributed by atoms with E-state index in [-0.39, 0.29) is 17.5 Å². The van der Waals surface area contributed by atoms with E-state index >= 15 is 0 Å². The minimum atomic E-state index is -0.419. The molecule has 2 aromatic rings. The zero-order valence-corrected chi connectivity index (χ0v) is 12.0. The number of para-hydroxylation sites is 1. The first kappa shape index (κ1) is 14.8. The number of nitrogens with one attached hydrogen (secondary N) is 1. The van der Waals surface area contributed by atoms with Gasteiger partial charge in [-0.2, -0.15) is 0 Å². The van der Waals surface area contributed by atoms with Crippen molar-refractivity contribution in [3.05, 3.63) is 47.0 Å². The predicted molar refractivity (Wildman–Crippen MR) is 79.6 cm³/mol. The summed E-state index contributed by atoms with van der Waals surface area (Å²) in [5.41, 5.74) is 0.426. The van der Waals surface area contributed by atoms with E-state index < -0.39 is 4.92 Å². The van der Waals surface area contributed by atoms with E-state index in [1.54, 1.807) is 30.7 Å². The molecule has 0 spiro atoms. The number of nitro benzene ring substituents is 1. The van der Waals surface area contributed by atoms with Crippen LogP contribution in [-0.4, -0.2) is 27.1 Å². The Bertz CT molecular complexity index is 596. The van der Waals surface area contributed by atoms with Crippen LogP contribution in [0, 0.1) is 10.1 Å². The molecule has 1 aromatic heterocycles. The summed E-state index contributed by atoms with van der Waals surface area (Å²) in [6, 6.07) is 5.03. The highest BCUT2D eigenvalue weighted by atomic mass is 16.6. The lowest BCUT2D eigenvalue weighted by molar-refractivity contribution is -0.385. The summed E-state index contributed by atoms with van der Waals surface area (Å²) in [6.45, 7) is 4.90. The van der Waals surface area contributed by atoms with Gasteiger partial charge >= 0.3 is 5.69 Å². The molecule has 0 aliphatic carbocycles. The molecule has 112 valence electrons. The minimum absolute atomic E-state index is 0.0307. The van der Waals surface area contributed by atoms with Gasteiger partial charge in [-0.15, -0.1) is 0 Å². The Kier molecular flexibility index (Phi) is 4.76. The predicted octanol–water partition coefficient (Wildman–Crippen LogP) is 2.69.